The number of phenols is 1. The number of carbonyl (C=O) groups is 4. The first-order chi connectivity index (χ1) is 16.3. The molecule has 1 fully saturated rings. The highest BCUT2D eigenvalue weighted by atomic mass is 16.3. The number of hydrogen-bond donors (Lipinski definition) is 5. The Labute approximate surface area is 200 Å². The first-order valence-corrected chi connectivity index (χ1v) is 11.0. The largest absolute Gasteiger partial charge is 0.508 e. The van der Waals surface area contributed by atoms with Gasteiger partial charge in [0, 0.05) is 43.3 Å². The number of hydrogen-bond acceptors (Lipinski definition) is 9. The third-order valence-electron chi connectivity index (χ3n) is 7.05. The number of phenolic OH excluding ortho intramolecular Hbond substituents is 1. The van der Waals surface area contributed by atoms with Gasteiger partial charge in [0.15, 0.2) is 17.2 Å². The number of allylic oxidation sites excluding steroid dienone is 1. The highest BCUT2D eigenvalue weighted by molar-refractivity contribution is 6.22. The van der Waals surface area contributed by atoms with Gasteiger partial charge in [0.2, 0.25) is 5.78 Å². The van der Waals surface area contributed by atoms with Crippen molar-refractivity contribution >= 4 is 40.8 Å². The van der Waals surface area contributed by atoms with E-state index in [0.29, 0.717) is 11.3 Å². The van der Waals surface area contributed by atoms with Gasteiger partial charge in [0.05, 0.1) is 5.56 Å². The number of anilines is 1. The van der Waals surface area contributed by atoms with Crippen molar-refractivity contribution in [1.82, 2.24) is 0 Å². The molecule has 0 unspecified atom stereocenters. The molecule has 184 valence electrons. The second-order valence-electron chi connectivity index (χ2n) is 9.43. The van der Waals surface area contributed by atoms with E-state index in [1.54, 1.807) is 25.1 Å². The van der Waals surface area contributed by atoms with Crippen LogP contribution in [0.4, 0.5) is 5.69 Å². The predicted octanol–water partition coefficient (Wildman–Crippen LogP) is 1.09. The number of carbonyl (C=O) groups excluding carboxylic acids is 4. The molecule has 0 aromatic heterocycles. The SMILES string of the molecule is CC(=O)/C=C/c1cc(N(C)C)c2c(c1O)C(O)=C1C(=O)[C@]3(O)C(O)=C(C(N)=O)C(=O)C[C@@H]3C[C@@H]1C2. The zero-order valence-corrected chi connectivity index (χ0v) is 19.5. The summed E-state index contributed by atoms with van der Waals surface area (Å²) in [6, 6.07) is 1.66. The zero-order chi connectivity index (χ0) is 26.0. The van der Waals surface area contributed by atoms with E-state index in [9.17, 15) is 39.6 Å². The van der Waals surface area contributed by atoms with E-state index >= 15 is 0 Å². The van der Waals surface area contributed by atoms with Gasteiger partial charge in [0.1, 0.15) is 22.8 Å². The molecule has 3 atom stereocenters. The number of rotatable bonds is 4. The Morgan fingerprint density at radius 1 is 1.17 bits per heavy atom. The topological polar surface area (TPSA) is 178 Å². The molecule has 1 saturated carbocycles. The standard InChI is InChI=1S/C25H26N2O8/c1-10(28)4-5-11-8-15(27(2)3)14-7-12-6-13-9-16(29)19(24(26)34)23(33)25(13,35)22(32)17(12)21(31)18(14)20(11)30/h4-5,8,12-13,30-31,33,35H,6-7,9H2,1-3H3,(H2,26,34)/b5-4+/t12-,13+,25+/m1/s1. The lowest BCUT2D eigenvalue weighted by molar-refractivity contribution is -0.147. The summed E-state index contributed by atoms with van der Waals surface area (Å²) < 4.78 is 0. The fourth-order valence-electron chi connectivity index (χ4n) is 5.42. The minimum absolute atomic E-state index is 0.0217. The van der Waals surface area contributed by atoms with Crippen LogP contribution in [0.3, 0.4) is 0 Å². The minimum atomic E-state index is -2.61. The summed E-state index contributed by atoms with van der Waals surface area (Å²) in [7, 11) is 3.53. The van der Waals surface area contributed by atoms with E-state index in [2.05, 4.69) is 0 Å². The van der Waals surface area contributed by atoms with Crippen LogP contribution in [-0.2, 0) is 25.6 Å². The molecule has 3 aliphatic rings. The van der Waals surface area contributed by atoms with Gasteiger partial charge in [-0.05, 0) is 49.5 Å². The predicted molar refractivity (Wildman–Crippen MR) is 125 cm³/mol. The van der Waals surface area contributed by atoms with Gasteiger partial charge in [-0.25, -0.2) is 0 Å². The summed E-state index contributed by atoms with van der Waals surface area (Å²) in [6.45, 7) is 1.34. The van der Waals surface area contributed by atoms with Crippen LogP contribution >= 0.6 is 0 Å². The molecule has 6 N–H and O–H groups in total. The van der Waals surface area contributed by atoms with Crippen LogP contribution in [0.2, 0.25) is 0 Å². The van der Waals surface area contributed by atoms with Crippen molar-refractivity contribution in [3.05, 3.63) is 45.7 Å². The van der Waals surface area contributed by atoms with E-state index in [1.165, 1.54) is 19.1 Å². The van der Waals surface area contributed by atoms with E-state index in [0.717, 1.165) is 0 Å². The number of aromatic hydroxyl groups is 1. The Hall–Kier alpha value is -3.92. The van der Waals surface area contributed by atoms with Crippen molar-refractivity contribution in [2.45, 2.75) is 31.8 Å². The summed E-state index contributed by atoms with van der Waals surface area (Å²) >= 11 is 0. The molecule has 3 aliphatic carbocycles. The quantitative estimate of drug-likeness (QED) is 0.310. The summed E-state index contributed by atoms with van der Waals surface area (Å²) in [4.78, 5) is 50.9. The number of nitrogens with two attached hydrogens (primary N) is 1. The number of Topliss-reactive ketones (excluding diaryl/α,β-unsaturated/α-hetero) is 2. The second-order valence-corrected chi connectivity index (χ2v) is 9.43. The molecule has 0 bridgehead atoms. The van der Waals surface area contributed by atoms with Gasteiger partial charge in [-0.15, -0.1) is 0 Å². The fourth-order valence-corrected chi connectivity index (χ4v) is 5.42. The average Bonchev–Trinajstić information content (AvgIpc) is 2.75. The highest BCUT2D eigenvalue weighted by Crippen LogP contribution is 2.53. The zero-order valence-electron chi connectivity index (χ0n) is 19.5. The molecule has 10 nitrogen and oxygen atoms in total. The molecule has 1 aromatic rings. The Morgan fingerprint density at radius 2 is 1.83 bits per heavy atom. The molecule has 4 rings (SSSR count). The number of fused-ring (bicyclic) bond motifs is 3. The van der Waals surface area contributed by atoms with Crippen molar-refractivity contribution in [1.29, 1.82) is 0 Å². The lowest BCUT2D eigenvalue weighted by atomic mass is 9.59. The normalized spacial score (nSPS) is 25.9. The van der Waals surface area contributed by atoms with Crippen molar-refractivity contribution in [3.63, 3.8) is 0 Å². The Kier molecular flexibility index (Phi) is 5.60. The van der Waals surface area contributed by atoms with Crippen molar-refractivity contribution in [2.75, 3.05) is 19.0 Å². The molecule has 0 aliphatic heterocycles. The molecular weight excluding hydrogens is 456 g/mol. The van der Waals surface area contributed by atoms with E-state index in [4.69, 9.17) is 5.73 Å². The highest BCUT2D eigenvalue weighted by Gasteiger charge is 2.60. The smallest absolute Gasteiger partial charge is 0.255 e. The van der Waals surface area contributed by atoms with Crippen LogP contribution in [0, 0.1) is 11.8 Å². The number of benzene rings is 1. The van der Waals surface area contributed by atoms with Gasteiger partial charge in [-0.3, -0.25) is 19.2 Å². The van der Waals surface area contributed by atoms with Crippen molar-refractivity contribution < 1.29 is 39.6 Å². The third-order valence-corrected chi connectivity index (χ3v) is 7.05. The Bertz CT molecular complexity index is 1300. The van der Waals surface area contributed by atoms with E-state index in [-0.39, 0.29) is 47.5 Å². The maximum absolute atomic E-state index is 13.6. The monoisotopic (exact) mass is 482 g/mol. The van der Waals surface area contributed by atoms with E-state index < -0.39 is 52.0 Å². The molecule has 0 heterocycles. The molecule has 0 saturated heterocycles. The summed E-state index contributed by atoms with van der Waals surface area (Å²) in [5.74, 6) is -7.03. The lowest BCUT2D eigenvalue weighted by Crippen LogP contribution is -2.58. The molecular formula is C25H26N2O8. The van der Waals surface area contributed by atoms with Gasteiger partial charge in [-0.1, -0.05) is 0 Å². The van der Waals surface area contributed by atoms with Crippen molar-refractivity contribution in [2.24, 2.45) is 17.6 Å². The second kappa shape index (κ2) is 8.09. The summed E-state index contributed by atoms with van der Waals surface area (Å²) in [5, 5.41) is 44.2. The number of nitrogens with zero attached hydrogens (tertiary/aromatic N) is 1. The van der Waals surface area contributed by atoms with Gasteiger partial charge in [0.25, 0.3) is 5.91 Å². The number of primary amides is 1. The summed E-state index contributed by atoms with van der Waals surface area (Å²) in [6.07, 6.45) is 2.53. The number of aliphatic hydroxyl groups excluding tert-OH is 2. The maximum Gasteiger partial charge on any atom is 0.255 e. The number of ketones is 3. The van der Waals surface area contributed by atoms with Crippen LogP contribution in [0.25, 0.3) is 11.8 Å². The van der Waals surface area contributed by atoms with Crippen LogP contribution < -0.4 is 10.6 Å². The van der Waals surface area contributed by atoms with Gasteiger partial charge < -0.3 is 31.1 Å². The maximum atomic E-state index is 13.6. The fraction of sp³-hybridized carbons (Fsp3) is 0.360. The van der Waals surface area contributed by atoms with Crippen LogP contribution in [-0.4, -0.2) is 63.4 Å². The molecule has 1 amide bonds. The molecule has 0 radical (unpaired) electrons. The number of amides is 1. The average molecular weight is 482 g/mol. The molecule has 1 aromatic carbocycles. The molecule has 0 spiro atoms. The summed E-state index contributed by atoms with van der Waals surface area (Å²) in [5.41, 5.74) is 2.94. The lowest BCUT2D eigenvalue weighted by Gasteiger charge is -2.46. The number of aliphatic hydroxyl groups is 3. The van der Waals surface area contributed by atoms with Crippen LogP contribution in [0.1, 0.15) is 36.5 Å². The Balaban J connectivity index is 1.97. The van der Waals surface area contributed by atoms with Crippen LogP contribution in [0.15, 0.2) is 29.0 Å². The van der Waals surface area contributed by atoms with Gasteiger partial charge in [-0.2, -0.15) is 0 Å². The Morgan fingerprint density at radius 3 is 2.40 bits per heavy atom. The van der Waals surface area contributed by atoms with Crippen LogP contribution in [0.5, 0.6) is 5.75 Å². The minimum Gasteiger partial charge on any atom is -0.508 e. The molecule has 35 heavy (non-hydrogen) atoms. The first-order valence-electron chi connectivity index (χ1n) is 11.0. The van der Waals surface area contributed by atoms with Crippen molar-refractivity contribution in [3.8, 4) is 5.75 Å². The molecule has 10 heteroatoms. The third kappa shape index (κ3) is 3.44. The van der Waals surface area contributed by atoms with Gasteiger partial charge >= 0.3 is 0 Å². The first kappa shape index (κ1) is 24.2. The van der Waals surface area contributed by atoms with E-state index in [1.807, 2.05) is 0 Å².